The molecule has 0 spiro atoms. The maximum Gasteiger partial charge on any atom is 0.237 e. The van der Waals surface area contributed by atoms with Crippen molar-refractivity contribution < 1.29 is 9.21 Å². The molecule has 3 aromatic rings. The molecule has 0 aliphatic carbocycles. The Kier molecular flexibility index (Phi) is 6.42. The van der Waals surface area contributed by atoms with E-state index in [1.54, 1.807) is 6.26 Å². The summed E-state index contributed by atoms with van der Waals surface area (Å²) in [5, 5.41) is 12.3. The highest BCUT2D eigenvalue weighted by Gasteiger charge is 2.25. The maximum absolute atomic E-state index is 12.7. The molecule has 0 bridgehead atoms. The molecule has 8 heteroatoms. The van der Waals surface area contributed by atoms with Gasteiger partial charge >= 0.3 is 0 Å². The number of amides is 1. The summed E-state index contributed by atoms with van der Waals surface area (Å²) in [4.78, 5) is 15.0. The quantitative estimate of drug-likeness (QED) is 0.570. The molecule has 3 heterocycles. The van der Waals surface area contributed by atoms with E-state index in [9.17, 15) is 4.79 Å². The summed E-state index contributed by atoms with van der Waals surface area (Å²) >= 11 is 1.41. The third-order valence-corrected chi connectivity index (χ3v) is 6.43. The number of carbonyl (C=O) groups is 1. The molecular formula is C22H27N5O2S. The van der Waals surface area contributed by atoms with Crippen molar-refractivity contribution in [1.82, 2.24) is 14.8 Å². The van der Waals surface area contributed by atoms with Crippen molar-refractivity contribution >= 4 is 29.3 Å². The number of carbonyl (C=O) groups excluding carboxylic acids is 1. The van der Waals surface area contributed by atoms with Gasteiger partial charge in [-0.25, -0.2) is 0 Å². The highest BCUT2D eigenvalue weighted by molar-refractivity contribution is 8.00. The maximum atomic E-state index is 12.7. The fraction of sp³-hybridized carbons (Fsp3) is 0.409. The van der Waals surface area contributed by atoms with Crippen LogP contribution in [0.3, 0.4) is 0 Å². The molecule has 1 saturated heterocycles. The smallest absolute Gasteiger partial charge is 0.237 e. The summed E-state index contributed by atoms with van der Waals surface area (Å²) in [7, 11) is 0. The fourth-order valence-corrected chi connectivity index (χ4v) is 4.33. The van der Waals surface area contributed by atoms with Crippen LogP contribution in [0.5, 0.6) is 0 Å². The van der Waals surface area contributed by atoms with Gasteiger partial charge in [0.25, 0.3) is 0 Å². The highest BCUT2D eigenvalue weighted by atomic mass is 32.2. The van der Waals surface area contributed by atoms with Crippen molar-refractivity contribution in [1.29, 1.82) is 0 Å². The number of hydrogen-bond donors (Lipinski definition) is 1. The van der Waals surface area contributed by atoms with Crippen LogP contribution in [0, 0.1) is 5.92 Å². The first-order chi connectivity index (χ1) is 14.6. The number of nitrogens with one attached hydrogen (secondary N) is 1. The second-order valence-corrected chi connectivity index (χ2v) is 9.04. The molecule has 2 aromatic heterocycles. The number of benzene rings is 1. The van der Waals surface area contributed by atoms with Gasteiger partial charge in [-0.05, 0) is 49.9 Å². The lowest BCUT2D eigenvalue weighted by Gasteiger charge is -2.31. The van der Waals surface area contributed by atoms with E-state index in [1.807, 2.05) is 49.4 Å². The summed E-state index contributed by atoms with van der Waals surface area (Å²) in [6.07, 6.45) is 3.96. The summed E-state index contributed by atoms with van der Waals surface area (Å²) in [6.45, 7) is 6.64. The Hall–Kier alpha value is -2.74. The zero-order chi connectivity index (χ0) is 20.9. The Morgan fingerprint density at radius 3 is 2.67 bits per heavy atom. The number of para-hydroxylation sites is 1. The van der Waals surface area contributed by atoms with Gasteiger partial charge < -0.3 is 14.6 Å². The average Bonchev–Trinajstić information content (AvgIpc) is 3.40. The zero-order valence-corrected chi connectivity index (χ0v) is 18.1. The molecule has 1 amide bonds. The minimum atomic E-state index is -0.320. The summed E-state index contributed by atoms with van der Waals surface area (Å²) in [5.74, 6) is 2.35. The number of rotatable bonds is 7. The molecule has 1 fully saturated rings. The summed E-state index contributed by atoms with van der Waals surface area (Å²) < 4.78 is 7.63. The Morgan fingerprint density at radius 1 is 1.20 bits per heavy atom. The Morgan fingerprint density at radius 2 is 1.97 bits per heavy atom. The molecule has 0 radical (unpaired) electrons. The van der Waals surface area contributed by atoms with Crippen molar-refractivity contribution in [3.05, 3.63) is 54.5 Å². The highest BCUT2D eigenvalue weighted by Crippen LogP contribution is 2.29. The third kappa shape index (κ3) is 4.87. The number of hydrogen-bond acceptors (Lipinski definition) is 6. The van der Waals surface area contributed by atoms with Crippen LogP contribution in [-0.2, 0) is 11.3 Å². The lowest BCUT2D eigenvalue weighted by molar-refractivity contribution is -0.115. The van der Waals surface area contributed by atoms with Crippen LogP contribution >= 0.6 is 11.8 Å². The average molecular weight is 426 g/mol. The predicted octanol–water partition coefficient (Wildman–Crippen LogP) is 4.28. The molecule has 1 aromatic carbocycles. The molecule has 158 valence electrons. The monoisotopic (exact) mass is 425 g/mol. The number of anilines is 2. The van der Waals surface area contributed by atoms with Crippen molar-refractivity contribution in [3.63, 3.8) is 0 Å². The topological polar surface area (TPSA) is 76.2 Å². The van der Waals surface area contributed by atoms with Crippen LogP contribution in [0.4, 0.5) is 11.6 Å². The van der Waals surface area contributed by atoms with Gasteiger partial charge in [-0.3, -0.25) is 9.36 Å². The predicted molar refractivity (Wildman–Crippen MR) is 119 cm³/mol. The number of furan rings is 1. The van der Waals surface area contributed by atoms with Gasteiger partial charge in [0.05, 0.1) is 18.1 Å². The van der Waals surface area contributed by atoms with Crippen molar-refractivity contribution in [2.45, 2.75) is 43.6 Å². The first kappa shape index (κ1) is 20.5. The molecule has 4 rings (SSSR count). The molecule has 1 atom stereocenters. The molecule has 0 saturated carbocycles. The summed E-state index contributed by atoms with van der Waals surface area (Å²) in [5.41, 5.74) is 0.787. The van der Waals surface area contributed by atoms with Gasteiger partial charge in [0.2, 0.25) is 11.9 Å². The van der Waals surface area contributed by atoms with E-state index >= 15 is 0 Å². The van der Waals surface area contributed by atoms with Gasteiger partial charge in [0, 0.05) is 18.8 Å². The normalized spacial score (nSPS) is 15.9. The summed E-state index contributed by atoms with van der Waals surface area (Å²) in [6, 6.07) is 13.3. The molecule has 1 unspecified atom stereocenters. The molecule has 7 nitrogen and oxygen atoms in total. The van der Waals surface area contributed by atoms with E-state index in [0.717, 1.165) is 54.4 Å². The number of piperidine rings is 1. The Balaban J connectivity index is 1.52. The van der Waals surface area contributed by atoms with Crippen LogP contribution in [0.1, 0.15) is 32.4 Å². The van der Waals surface area contributed by atoms with Crippen LogP contribution < -0.4 is 10.2 Å². The molecule has 1 aliphatic rings. The van der Waals surface area contributed by atoms with Crippen molar-refractivity contribution in [2.24, 2.45) is 5.92 Å². The SMILES string of the molecule is CC1CCN(c2nnc(SC(C)C(=O)Nc3ccccc3)n2Cc2ccco2)CC1. The van der Waals surface area contributed by atoms with Crippen molar-refractivity contribution in [2.75, 3.05) is 23.3 Å². The van der Waals surface area contributed by atoms with Gasteiger partial charge in [0.1, 0.15) is 5.76 Å². The van der Waals surface area contributed by atoms with E-state index in [2.05, 4.69) is 31.9 Å². The molecule has 1 N–H and O–H groups in total. The standard InChI is InChI=1S/C22H27N5O2S/c1-16-10-12-26(13-11-16)21-24-25-22(27(21)15-19-9-6-14-29-19)30-17(2)20(28)23-18-7-4-3-5-8-18/h3-9,14,16-17H,10-13,15H2,1-2H3,(H,23,28). The van der Waals surface area contributed by atoms with E-state index in [0.29, 0.717) is 6.54 Å². The van der Waals surface area contributed by atoms with Crippen LogP contribution in [0.25, 0.3) is 0 Å². The van der Waals surface area contributed by atoms with E-state index in [4.69, 9.17) is 4.42 Å². The van der Waals surface area contributed by atoms with Gasteiger partial charge in [-0.15, -0.1) is 10.2 Å². The zero-order valence-electron chi connectivity index (χ0n) is 17.3. The van der Waals surface area contributed by atoms with E-state index in [1.165, 1.54) is 11.8 Å². The Bertz CT molecular complexity index is 949. The first-order valence-corrected chi connectivity index (χ1v) is 11.2. The lowest BCUT2D eigenvalue weighted by atomic mass is 10.00. The van der Waals surface area contributed by atoms with Crippen LogP contribution in [0.15, 0.2) is 58.3 Å². The van der Waals surface area contributed by atoms with Gasteiger partial charge in [-0.1, -0.05) is 36.9 Å². The number of aromatic nitrogens is 3. The second-order valence-electron chi connectivity index (χ2n) is 7.73. The van der Waals surface area contributed by atoms with Gasteiger partial charge in [0.15, 0.2) is 5.16 Å². The van der Waals surface area contributed by atoms with Crippen molar-refractivity contribution in [3.8, 4) is 0 Å². The molecule has 30 heavy (non-hydrogen) atoms. The minimum absolute atomic E-state index is 0.0629. The largest absolute Gasteiger partial charge is 0.467 e. The lowest BCUT2D eigenvalue weighted by Crippen LogP contribution is -2.35. The number of nitrogens with zero attached hydrogens (tertiary/aromatic N) is 4. The fourth-order valence-electron chi connectivity index (χ4n) is 3.48. The molecule has 1 aliphatic heterocycles. The second kappa shape index (κ2) is 9.38. The van der Waals surface area contributed by atoms with E-state index < -0.39 is 0 Å². The first-order valence-electron chi connectivity index (χ1n) is 10.3. The molecular weight excluding hydrogens is 398 g/mol. The van der Waals surface area contributed by atoms with E-state index in [-0.39, 0.29) is 11.2 Å². The number of thioether (sulfide) groups is 1. The Labute approximate surface area is 180 Å². The van der Waals surface area contributed by atoms with Crippen LogP contribution in [0.2, 0.25) is 0 Å². The van der Waals surface area contributed by atoms with Crippen LogP contribution in [-0.4, -0.2) is 39.0 Å². The minimum Gasteiger partial charge on any atom is -0.467 e. The third-order valence-electron chi connectivity index (χ3n) is 5.35. The van der Waals surface area contributed by atoms with Gasteiger partial charge in [-0.2, -0.15) is 0 Å².